The molecule has 4 nitrogen and oxygen atoms in total. The van der Waals surface area contributed by atoms with E-state index in [1.165, 1.54) is 0 Å². The molecule has 0 unspecified atom stereocenters. The van der Waals surface area contributed by atoms with E-state index in [4.69, 9.17) is 5.11 Å². The van der Waals surface area contributed by atoms with Crippen molar-refractivity contribution < 1.29 is 9.90 Å². The Morgan fingerprint density at radius 2 is 1.80 bits per heavy atom. The van der Waals surface area contributed by atoms with E-state index in [0.717, 1.165) is 13.1 Å². The van der Waals surface area contributed by atoms with Crippen LogP contribution in [-0.2, 0) is 4.79 Å². The molecule has 3 N–H and O–H groups in total. The highest BCUT2D eigenvalue weighted by molar-refractivity contribution is 5.70. The van der Waals surface area contributed by atoms with E-state index in [0.29, 0.717) is 13.1 Å². The molecule has 0 aromatic rings. The quantitative estimate of drug-likeness (QED) is 0.436. The maximum Gasteiger partial charge on any atom is 0.309 e. The summed E-state index contributed by atoms with van der Waals surface area (Å²) in [4.78, 5) is 10.4. The standard InChI is InChI=1S/C6H12N2O2/c9-6(10)5-3-7-1-2-8-4-5/h5,7-8H,1-4H2,(H,9,10). The lowest BCUT2D eigenvalue weighted by Gasteiger charge is -2.06. The molecule has 1 heterocycles. The van der Waals surface area contributed by atoms with Gasteiger partial charge >= 0.3 is 5.97 Å². The van der Waals surface area contributed by atoms with Gasteiger partial charge in [0.1, 0.15) is 0 Å². The van der Waals surface area contributed by atoms with E-state index < -0.39 is 5.97 Å². The van der Waals surface area contributed by atoms with Crippen molar-refractivity contribution in [1.29, 1.82) is 0 Å². The van der Waals surface area contributed by atoms with E-state index >= 15 is 0 Å². The van der Waals surface area contributed by atoms with Gasteiger partial charge in [-0.1, -0.05) is 0 Å². The summed E-state index contributed by atoms with van der Waals surface area (Å²) in [5, 5.41) is 14.7. The first-order valence-corrected chi connectivity index (χ1v) is 3.45. The smallest absolute Gasteiger partial charge is 0.309 e. The predicted octanol–water partition coefficient (Wildman–Crippen LogP) is -1.12. The molecule has 0 atom stereocenters. The van der Waals surface area contributed by atoms with Crippen molar-refractivity contribution in [3.63, 3.8) is 0 Å². The van der Waals surface area contributed by atoms with Crippen molar-refractivity contribution in [2.45, 2.75) is 0 Å². The number of hydrogen-bond acceptors (Lipinski definition) is 3. The van der Waals surface area contributed by atoms with Crippen molar-refractivity contribution in [2.24, 2.45) is 5.92 Å². The third-order valence-corrected chi connectivity index (χ3v) is 1.61. The van der Waals surface area contributed by atoms with Gasteiger partial charge in [-0.15, -0.1) is 0 Å². The average Bonchev–Trinajstić information content (AvgIpc) is 2.12. The van der Waals surface area contributed by atoms with Gasteiger partial charge in [0.2, 0.25) is 0 Å². The molecule has 0 bridgehead atoms. The van der Waals surface area contributed by atoms with Gasteiger partial charge in [-0.05, 0) is 0 Å². The monoisotopic (exact) mass is 144 g/mol. The number of carbonyl (C=O) groups is 1. The largest absolute Gasteiger partial charge is 0.481 e. The Morgan fingerprint density at radius 1 is 1.30 bits per heavy atom. The minimum atomic E-state index is -0.720. The normalized spacial score (nSPS) is 22.0. The molecule has 1 rings (SSSR count). The maximum absolute atomic E-state index is 10.4. The highest BCUT2D eigenvalue weighted by Crippen LogP contribution is 1.94. The Balaban J connectivity index is 2.35. The predicted molar refractivity (Wildman–Crippen MR) is 36.9 cm³/mol. The van der Waals surface area contributed by atoms with E-state index in [-0.39, 0.29) is 5.92 Å². The van der Waals surface area contributed by atoms with Gasteiger partial charge in [-0.25, -0.2) is 0 Å². The Bertz CT molecular complexity index is 119. The molecule has 1 saturated heterocycles. The zero-order valence-corrected chi connectivity index (χ0v) is 5.76. The average molecular weight is 144 g/mol. The van der Waals surface area contributed by atoms with Crippen molar-refractivity contribution in [3.8, 4) is 0 Å². The van der Waals surface area contributed by atoms with Gasteiger partial charge in [0.05, 0.1) is 5.92 Å². The number of aliphatic carboxylic acids is 1. The molecule has 10 heavy (non-hydrogen) atoms. The van der Waals surface area contributed by atoms with E-state index in [9.17, 15) is 4.79 Å². The van der Waals surface area contributed by atoms with Crippen LogP contribution in [-0.4, -0.2) is 37.3 Å². The third kappa shape index (κ3) is 1.97. The molecule has 0 radical (unpaired) electrons. The van der Waals surface area contributed by atoms with Gasteiger partial charge in [0.15, 0.2) is 0 Å². The van der Waals surface area contributed by atoms with Gasteiger partial charge in [0.25, 0.3) is 0 Å². The number of rotatable bonds is 1. The zero-order chi connectivity index (χ0) is 7.40. The molecular weight excluding hydrogens is 132 g/mol. The molecule has 1 aliphatic rings. The first-order valence-electron chi connectivity index (χ1n) is 3.45. The van der Waals surface area contributed by atoms with Gasteiger partial charge < -0.3 is 15.7 Å². The van der Waals surface area contributed by atoms with Crippen LogP contribution in [0.2, 0.25) is 0 Å². The Kier molecular flexibility index (Phi) is 2.65. The van der Waals surface area contributed by atoms with Crippen molar-refractivity contribution >= 4 is 5.97 Å². The van der Waals surface area contributed by atoms with Crippen LogP contribution in [0.25, 0.3) is 0 Å². The fourth-order valence-corrected chi connectivity index (χ4v) is 0.976. The second-order valence-corrected chi connectivity index (χ2v) is 2.44. The van der Waals surface area contributed by atoms with Crippen LogP contribution in [0.5, 0.6) is 0 Å². The van der Waals surface area contributed by atoms with Crippen LogP contribution >= 0.6 is 0 Å². The van der Waals surface area contributed by atoms with Crippen LogP contribution in [0.15, 0.2) is 0 Å². The lowest BCUT2D eigenvalue weighted by atomic mass is 10.1. The fourth-order valence-electron chi connectivity index (χ4n) is 0.976. The minimum absolute atomic E-state index is 0.262. The van der Waals surface area contributed by atoms with Crippen LogP contribution in [0, 0.1) is 5.92 Å². The summed E-state index contributed by atoms with van der Waals surface area (Å²) >= 11 is 0. The first kappa shape index (κ1) is 7.50. The van der Waals surface area contributed by atoms with E-state index in [1.54, 1.807) is 0 Å². The molecular formula is C6H12N2O2. The molecule has 0 saturated carbocycles. The van der Waals surface area contributed by atoms with Crippen LogP contribution in [0.4, 0.5) is 0 Å². The van der Waals surface area contributed by atoms with E-state index in [1.807, 2.05) is 0 Å². The van der Waals surface area contributed by atoms with Crippen LogP contribution in [0.1, 0.15) is 0 Å². The molecule has 0 aliphatic carbocycles. The third-order valence-electron chi connectivity index (χ3n) is 1.61. The summed E-state index contributed by atoms with van der Waals surface area (Å²) in [5.41, 5.74) is 0. The lowest BCUT2D eigenvalue weighted by Crippen LogP contribution is -2.30. The second kappa shape index (κ2) is 3.53. The fraction of sp³-hybridized carbons (Fsp3) is 0.833. The molecule has 0 aromatic carbocycles. The van der Waals surface area contributed by atoms with Gasteiger partial charge in [0, 0.05) is 26.2 Å². The molecule has 1 aliphatic heterocycles. The zero-order valence-electron chi connectivity index (χ0n) is 5.76. The molecule has 4 heteroatoms. The van der Waals surface area contributed by atoms with Gasteiger partial charge in [-0.3, -0.25) is 4.79 Å². The van der Waals surface area contributed by atoms with Crippen molar-refractivity contribution in [3.05, 3.63) is 0 Å². The molecule has 0 spiro atoms. The Labute approximate surface area is 59.6 Å². The summed E-state index contributed by atoms with van der Waals surface area (Å²) < 4.78 is 0. The molecule has 58 valence electrons. The highest BCUT2D eigenvalue weighted by Gasteiger charge is 2.17. The summed E-state index contributed by atoms with van der Waals surface area (Å²) in [6.07, 6.45) is 0. The summed E-state index contributed by atoms with van der Waals surface area (Å²) in [6.45, 7) is 2.90. The highest BCUT2D eigenvalue weighted by atomic mass is 16.4. The number of hydrogen-bond donors (Lipinski definition) is 3. The maximum atomic E-state index is 10.4. The minimum Gasteiger partial charge on any atom is -0.481 e. The molecule has 1 fully saturated rings. The Hall–Kier alpha value is -0.610. The Morgan fingerprint density at radius 3 is 2.20 bits per heavy atom. The van der Waals surface area contributed by atoms with E-state index in [2.05, 4.69) is 10.6 Å². The summed E-state index contributed by atoms with van der Waals surface area (Å²) in [7, 11) is 0. The number of carboxylic acids is 1. The number of carboxylic acid groups (broad SMARTS) is 1. The summed E-state index contributed by atoms with van der Waals surface area (Å²) in [6, 6.07) is 0. The second-order valence-electron chi connectivity index (χ2n) is 2.44. The lowest BCUT2D eigenvalue weighted by molar-refractivity contribution is -0.141. The van der Waals surface area contributed by atoms with Crippen molar-refractivity contribution in [2.75, 3.05) is 26.2 Å². The topological polar surface area (TPSA) is 61.4 Å². The number of nitrogens with one attached hydrogen (secondary N) is 2. The van der Waals surface area contributed by atoms with Crippen molar-refractivity contribution in [1.82, 2.24) is 10.6 Å². The molecule has 0 aromatic heterocycles. The first-order chi connectivity index (χ1) is 4.80. The molecule has 0 amide bonds. The van der Waals surface area contributed by atoms with Crippen LogP contribution < -0.4 is 10.6 Å². The van der Waals surface area contributed by atoms with Gasteiger partial charge in [-0.2, -0.15) is 0 Å². The van der Waals surface area contributed by atoms with Crippen LogP contribution in [0.3, 0.4) is 0 Å². The summed E-state index contributed by atoms with van der Waals surface area (Å²) in [5.74, 6) is -0.982. The SMILES string of the molecule is O=C(O)C1CNCCNC1.